The van der Waals surface area contributed by atoms with Crippen molar-refractivity contribution in [2.45, 2.75) is 6.10 Å². The molecule has 1 atom stereocenters. The summed E-state index contributed by atoms with van der Waals surface area (Å²) in [5.74, 6) is 0.975. The summed E-state index contributed by atoms with van der Waals surface area (Å²) in [6.45, 7) is 0. The summed E-state index contributed by atoms with van der Waals surface area (Å²) >= 11 is 0. The minimum atomic E-state index is -0.899. The van der Waals surface area contributed by atoms with Gasteiger partial charge in [0.1, 0.15) is 18.2 Å². The third kappa shape index (κ3) is 2.54. The maximum atomic E-state index is 10.2. The topological polar surface area (TPSA) is 77.4 Å². The lowest BCUT2D eigenvalue weighted by Gasteiger charge is -2.11. The Morgan fingerprint density at radius 2 is 1.94 bits per heavy atom. The fraction of sp³-hybridized carbons (Fsp3) is 0.250. The quantitative estimate of drug-likeness (QED) is 0.867. The van der Waals surface area contributed by atoms with Gasteiger partial charge in [0, 0.05) is 17.8 Å². The van der Waals surface area contributed by atoms with Crippen LogP contribution < -0.4 is 9.47 Å². The molecular formula is C12H13N3O3. The molecule has 0 bridgehead atoms. The Kier molecular flexibility index (Phi) is 3.69. The number of rotatable bonds is 4. The van der Waals surface area contributed by atoms with Gasteiger partial charge in [-0.25, -0.2) is 9.97 Å². The standard InChI is InChI=1S/C12H13N3O3/c1-17-9-3-8(5-13-6-9)12(16)10-4-11(18-2)15-7-14-10/h3-7,12,16H,1-2H3. The van der Waals surface area contributed by atoms with Crippen LogP contribution in [0.25, 0.3) is 0 Å². The van der Waals surface area contributed by atoms with Crippen molar-refractivity contribution in [2.75, 3.05) is 14.2 Å². The van der Waals surface area contributed by atoms with Crippen molar-refractivity contribution in [1.82, 2.24) is 15.0 Å². The molecule has 0 saturated heterocycles. The minimum absolute atomic E-state index is 0.398. The van der Waals surface area contributed by atoms with Crippen LogP contribution in [0.15, 0.2) is 30.9 Å². The number of nitrogens with zero attached hydrogens (tertiary/aromatic N) is 3. The summed E-state index contributed by atoms with van der Waals surface area (Å²) in [5, 5.41) is 10.2. The van der Waals surface area contributed by atoms with Crippen molar-refractivity contribution >= 4 is 0 Å². The summed E-state index contributed by atoms with van der Waals surface area (Å²) in [6.07, 6.45) is 3.56. The van der Waals surface area contributed by atoms with Gasteiger partial charge in [-0.2, -0.15) is 0 Å². The van der Waals surface area contributed by atoms with Crippen LogP contribution in [0, 0.1) is 0 Å². The highest BCUT2D eigenvalue weighted by Gasteiger charge is 2.14. The van der Waals surface area contributed by atoms with E-state index in [-0.39, 0.29) is 0 Å². The summed E-state index contributed by atoms with van der Waals surface area (Å²) in [5.41, 5.74) is 1.03. The molecule has 0 spiro atoms. The van der Waals surface area contributed by atoms with E-state index < -0.39 is 6.10 Å². The molecule has 0 aliphatic carbocycles. The number of ether oxygens (including phenoxy) is 2. The summed E-state index contributed by atoms with van der Waals surface area (Å²) in [7, 11) is 3.05. The zero-order valence-corrected chi connectivity index (χ0v) is 10.1. The van der Waals surface area contributed by atoms with E-state index in [0.29, 0.717) is 22.9 Å². The van der Waals surface area contributed by atoms with E-state index in [1.807, 2.05) is 0 Å². The lowest BCUT2D eigenvalue weighted by atomic mass is 10.1. The predicted octanol–water partition coefficient (Wildman–Crippen LogP) is 0.970. The normalized spacial score (nSPS) is 11.9. The smallest absolute Gasteiger partial charge is 0.216 e. The Morgan fingerprint density at radius 3 is 2.67 bits per heavy atom. The first-order valence-corrected chi connectivity index (χ1v) is 5.27. The van der Waals surface area contributed by atoms with Crippen molar-refractivity contribution in [3.63, 3.8) is 0 Å². The molecule has 94 valence electrons. The van der Waals surface area contributed by atoms with Gasteiger partial charge in [0.05, 0.1) is 26.1 Å². The highest BCUT2D eigenvalue weighted by Crippen LogP contribution is 2.23. The average Bonchev–Trinajstić information content (AvgIpc) is 2.46. The molecule has 0 radical (unpaired) electrons. The van der Waals surface area contributed by atoms with Gasteiger partial charge >= 0.3 is 0 Å². The molecule has 6 nitrogen and oxygen atoms in total. The molecule has 2 aromatic rings. The fourth-order valence-electron chi connectivity index (χ4n) is 1.48. The Labute approximate surface area is 104 Å². The van der Waals surface area contributed by atoms with E-state index >= 15 is 0 Å². The minimum Gasteiger partial charge on any atom is -0.495 e. The maximum Gasteiger partial charge on any atom is 0.216 e. The van der Waals surface area contributed by atoms with Crippen LogP contribution in [0.2, 0.25) is 0 Å². The number of hydrogen-bond donors (Lipinski definition) is 1. The molecular weight excluding hydrogens is 234 g/mol. The first kappa shape index (κ1) is 12.3. The fourth-order valence-corrected chi connectivity index (χ4v) is 1.48. The predicted molar refractivity (Wildman–Crippen MR) is 63.4 cm³/mol. The number of aromatic nitrogens is 3. The molecule has 2 heterocycles. The average molecular weight is 247 g/mol. The van der Waals surface area contributed by atoms with Crippen LogP contribution in [-0.2, 0) is 0 Å². The Hall–Kier alpha value is -2.21. The molecule has 0 amide bonds. The first-order chi connectivity index (χ1) is 8.74. The number of pyridine rings is 1. The van der Waals surface area contributed by atoms with Crippen LogP contribution in [-0.4, -0.2) is 34.3 Å². The molecule has 1 N–H and O–H groups in total. The zero-order chi connectivity index (χ0) is 13.0. The van der Waals surface area contributed by atoms with Gasteiger partial charge in [-0.15, -0.1) is 0 Å². The highest BCUT2D eigenvalue weighted by atomic mass is 16.5. The van der Waals surface area contributed by atoms with Gasteiger partial charge in [-0.05, 0) is 6.07 Å². The molecule has 18 heavy (non-hydrogen) atoms. The van der Waals surface area contributed by atoms with E-state index in [1.165, 1.54) is 13.4 Å². The molecule has 6 heteroatoms. The monoisotopic (exact) mass is 247 g/mol. The lowest BCUT2D eigenvalue weighted by Crippen LogP contribution is -2.04. The molecule has 2 aromatic heterocycles. The van der Waals surface area contributed by atoms with Crippen molar-refractivity contribution < 1.29 is 14.6 Å². The molecule has 0 fully saturated rings. The van der Waals surface area contributed by atoms with Gasteiger partial charge in [0.25, 0.3) is 0 Å². The van der Waals surface area contributed by atoms with Crippen molar-refractivity contribution in [2.24, 2.45) is 0 Å². The van der Waals surface area contributed by atoms with Crippen LogP contribution >= 0.6 is 0 Å². The van der Waals surface area contributed by atoms with Crippen molar-refractivity contribution in [3.05, 3.63) is 42.1 Å². The van der Waals surface area contributed by atoms with Crippen molar-refractivity contribution in [3.8, 4) is 11.6 Å². The molecule has 1 unspecified atom stereocenters. The lowest BCUT2D eigenvalue weighted by molar-refractivity contribution is 0.213. The summed E-state index contributed by atoms with van der Waals surface area (Å²) in [6, 6.07) is 3.27. The van der Waals surface area contributed by atoms with Crippen LogP contribution in [0.3, 0.4) is 0 Å². The second-order valence-electron chi connectivity index (χ2n) is 3.55. The second-order valence-corrected chi connectivity index (χ2v) is 3.55. The third-order valence-corrected chi connectivity index (χ3v) is 2.44. The van der Waals surface area contributed by atoms with Gasteiger partial charge < -0.3 is 14.6 Å². The van der Waals surface area contributed by atoms with E-state index in [0.717, 1.165) is 0 Å². The number of methoxy groups -OCH3 is 2. The van der Waals surface area contributed by atoms with Gasteiger partial charge in [-0.1, -0.05) is 0 Å². The van der Waals surface area contributed by atoms with Crippen LogP contribution in [0.4, 0.5) is 0 Å². The number of aliphatic hydroxyl groups excluding tert-OH is 1. The Bertz CT molecular complexity index is 486. The number of hydrogen-bond acceptors (Lipinski definition) is 6. The molecule has 0 aliphatic rings. The second kappa shape index (κ2) is 5.42. The largest absolute Gasteiger partial charge is 0.495 e. The van der Waals surface area contributed by atoms with Crippen LogP contribution in [0.5, 0.6) is 11.6 Å². The third-order valence-electron chi connectivity index (χ3n) is 2.44. The van der Waals surface area contributed by atoms with Crippen LogP contribution in [0.1, 0.15) is 17.4 Å². The van der Waals surface area contributed by atoms with Gasteiger partial charge in [-0.3, -0.25) is 4.98 Å². The van der Waals surface area contributed by atoms with Gasteiger partial charge in [0.15, 0.2) is 0 Å². The number of aliphatic hydroxyl groups is 1. The summed E-state index contributed by atoms with van der Waals surface area (Å²) < 4.78 is 10.0. The van der Waals surface area contributed by atoms with Crippen molar-refractivity contribution in [1.29, 1.82) is 0 Å². The maximum absolute atomic E-state index is 10.2. The van der Waals surface area contributed by atoms with E-state index in [1.54, 1.807) is 31.6 Å². The van der Waals surface area contributed by atoms with Gasteiger partial charge in [0.2, 0.25) is 5.88 Å². The summed E-state index contributed by atoms with van der Waals surface area (Å²) in [4.78, 5) is 11.9. The zero-order valence-electron chi connectivity index (χ0n) is 10.1. The highest BCUT2D eigenvalue weighted by molar-refractivity contribution is 5.30. The molecule has 2 rings (SSSR count). The van der Waals surface area contributed by atoms with E-state index in [4.69, 9.17) is 9.47 Å². The Balaban J connectivity index is 2.31. The SMILES string of the molecule is COc1cncc(C(O)c2cc(OC)ncn2)c1. The molecule has 0 saturated carbocycles. The van der Waals surface area contributed by atoms with E-state index in [9.17, 15) is 5.11 Å². The molecule has 0 aliphatic heterocycles. The Morgan fingerprint density at radius 1 is 1.11 bits per heavy atom. The molecule has 0 aromatic carbocycles. The first-order valence-electron chi connectivity index (χ1n) is 5.27. The van der Waals surface area contributed by atoms with E-state index in [2.05, 4.69) is 15.0 Å².